The Balaban J connectivity index is 2.25. The average molecular weight is 222 g/mol. The van der Waals surface area contributed by atoms with Crippen LogP contribution < -0.4 is 5.32 Å². The molecule has 1 heterocycles. The molecule has 1 aromatic heterocycles. The van der Waals surface area contributed by atoms with Crippen molar-refractivity contribution >= 4 is 11.3 Å². The molecule has 4 heteroatoms. The predicted molar refractivity (Wildman–Crippen MR) is 60.3 cm³/mol. The molecule has 15 heavy (non-hydrogen) atoms. The zero-order valence-electron chi connectivity index (χ0n) is 8.33. The third-order valence-electron chi connectivity index (χ3n) is 2.02. The van der Waals surface area contributed by atoms with Crippen LogP contribution in [0.1, 0.15) is 5.01 Å². The molecule has 0 saturated carbocycles. The number of halogens is 1. The maximum atomic E-state index is 12.7. The monoisotopic (exact) mass is 222 g/mol. The molecule has 1 N–H and O–H groups in total. The van der Waals surface area contributed by atoms with Crippen LogP contribution in [0.3, 0.4) is 0 Å². The smallest absolute Gasteiger partial charge is 0.123 e. The van der Waals surface area contributed by atoms with Gasteiger partial charge >= 0.3 is 0 Å². The topological polar surface area (TPSA) is 24.9 Å². The Labute approximate surface area is 91.8 Å². The van der Waals surface area contributed by atoms with Crippen LogP contribution in [0, 0.1) is 5.82 Å². The molecule has 78 valence electrons. The SMILES string of the molecule is CNCc1nc(-c2ccc(F)cc2)cs1. The lowest BCUT2D eigenvalue weighted by Gasteiger charge is -1.95. The van der Waals surface area contributed by atoms with Gasteiger partial charge < -0.3 is 5.32 Å². The molecule has 0 radical (unpaired) electrons. The van der Waals surface area contributed by atoms with E-state index in [9.17, 15) is 4.39 Å². The molecule has 0 aliphatic heterocycles. The van der Waals surface area contributed by atoms with Crippen molar-refractivity contribution in [2.45, 2.75) is 6.54 Å². The van der Waals surface area contributed by atoms with Crippen LogP contribution in [-0.2, 0) is 6.54 Å². The third kappa shape index (κ3) is 2.40. The lowest BCUT2D eigenvalue weighted by atomic mass is 10.2. The van der Waals surface area contributed by atoms with Gasteiger partial charge in [0.1, 0.15) is 10.8 Å². The van der Waals surface area contributed by atoms with E-state index in [0.29, 0.717) is 0 Å². The minimum absolute atomic E-state index is 0.218. The predicted octanol–water partition coefficient (Wildman–Crippen LogP) is 2.67. The van der Waals surface area contributed by atoms with E-state index in [1.165, 1.54) is 12.1 Å². The maximum absolute atomic E-state index is 12.7. The van der Waals surface area contributed by atoms with Crippen molar-refractivity contribution in [1.82, 2.24) is 10.3 Å². The van der Waals surface area contributed by atoms with Crippen LogP contribution in [0.2, 0.25) is 0 Å². The molecular weight excluding hydrogens is 211 g/mol. The zero-order chi connectivity index (χ0) is 10.7. The summed E-state index contributed by atoms with van der Waals surface area (Å²) in [6.45, 7) is 0.770. The van der Waals surface area contributed by atoms with E-state index in [1.54, 1.807) is 23.5 Å². The van der Waals surface area contributed by atoms with Gasteiger partial charge in [-0.25, -0.2) is 9.37 Å². The first kappa shape index (κ1) is 10.3. The van der Waals surface area contributed by atoms with E-state index in [0.717, 1.165) is 22.8 Å². The van der Waals surface area contributed by atoms with Gasteiger partial charge in [0, 0.05) is 17.5 Å². The molecule has 0 saturated heterocycles. The molecule has 0 spiro atoms. The van der Waals surface area contributed by atoms with Gasteiger partial charge in [0.25, 0.3) is 0 Å². The van der Waals surface area contributed by atoms with Crippen molar-refractivity contribution < 1.29 is 4.39 Å². The molecular formula is C11H11FN2S. The van der Waals surface area contributed by atoms with Crippen LogP contribution in [0.25, 0.3) is 11.3 Å². The number of rotatable bonds is 3. The highest BCUT2D eigenvalue weighted by atomic mass is 32.1. The summed E-state index contributed by atoms with van der Waals surface area (Å²) in [6, 6.07) is 6.39. The Bertz CT molecular complexity index is 436. The van der Waals surface area contributed by atoms with Crippen LogP contribution in [0.5, 0.6) is 0 Å². The molecule has 2 nitrogen and oxygen atoms in total. The number of aromatic nitrogens is 1. The Morgan fingerprint density at radius 2 is 2.07 bits per heavy atom. The summed E-state index contributed by atoms with van der Waals surface area (Å²) in [4.78, 5) is 4.43. The van der Waals surface area contributed by atoms with Crippen molar-refractivity contribution in [1.29, 1.82) is 0 Å². The highest BCUT2D eigenvalue weighted by molar-refractivity contribution is 7.09. The number of hydrogen-bond donors (Lipinski definition) is 1. The largest absolute Gasteiger partial charge is 0.314 e. The zero-order valence-corrected chi connectivity index (χ0v) is 9.14. The fraction of sp³-hybridized carbons (Fsp3) is 0.182. The Morgan fingerprint density at radius 1 is 1.33 bits per heavy atom. The van der Waals surface area contributed by atoms with Crippen molar-refractivity contribution in [2.24, 2.45) is 0 Å². The lowest BCUT2D eigenvalue weighted by molar-refractivity contribution is 0.628. The highest BCUT2D eigenvalue weighted by Crippen LogP contribution is 2.21. The molecule has 0 aliphatic carbocycles. The summed E-state index contributed by atoms with van der Waals surface area (Å²) in [7, 11) is 1.89. The number of benzene rings is 1. The quantitative estimate of drug-likeness (QED) is 0.863. The Hall–Kier alpha value is -1.26. The van der Waals surface area contributed by atoms with Crippen molar-refractivity contribution in [3.05, 3.63) is 40.5 Å². The normalized spacial score (nSPS) is 10.5. The Morgan fingerprint density at radius 3 is 2.73 bits per heavy atom. The molecule has 0 atom stereocenters. The minimum atomic E-state index is -0.218. The second-order valence-electron chi connectivity index (χ2n) is 3.16. The Kier molecular flexibility index (Phi) is 3.08. The molecule has 0 bridgehead atoms. The maximum Gasteiger partial charge on any atom is 0.123 e. The van der Waals surface area contributed by atoms with Gasteiger partial charge in [-0.05, 0) is 31.3 Å². The van der Waals surface area contributed by atoms with E-state index in [1.807, 2.05) is 12.4 Å². The second-order valence-corrected chi connectivity index (χ2v) is 4.11. The number of nitrogens with zero attached hydrogens (tertiary/aromatic N) is 1. The molecule has 0 aliphatic rings. The first-order chi connectivity index (χ1) is 7.29. The molecule has 2 aromatic rings. The molecule has 0 unspecified atom stereocenters. The van der Waals surface area contributed by atoms with Crippen LogP contribution in [0.15, 0.2) is 29.6 Å². The van der Waals surface area contributed by atoms with Gasteiger partial charge in [-0.3, -0.25) is 0 Å². The van der Waals surface area contributed by atoms with Crippen molar-refractivity contribution in [3.63, 3.8) is 0 Å². The van der Waals surface area contributed by atoms with E-state index in [4.69, 9.17) is 0 Å². The van der Waals surface area contributed by atoms with Gasteiger partial charge in [0.2, 0.25) is 0 Å². The summed E-state index contributed by atoms with van der Waals surface area (Å²) in [5.41, 5.74) is 1.86. The molecule has 1 aromatic carbocycles. The highest BCUT2D eigenvalue weighted by Gasteiger charge is 2.03. The molecule has 2 rings (SSSR count). The summed E-state index contributed by atoms with van der Waals surface area (Å²) < 4.78 is 12.7. The van der Waals surface area contributed by atoms with Gasteiger partial charge in [0.15, 0.2) is 0 Å². The fourth-order valence-electron chi connectivity index (χ4n) is 1.30. The van der Waals surface area contributed by atoms with E-state index in [2.05, 4.69) is 10.3 Å². The van der Waals surface area contributed by atoms with Gasteiger partial charge in [-0.1, -0.05) is 0 Å². The van der Waals surface area contributed by atoms with Crippen LogP contribution in [-0.4, -0.2) is 12.0 Å². The minimum Gasteiger partial charge on any atom is -0.314 e. The van der Waals surface area contributed by atoms with Crippen molar-refractivity contribution in [3.8, 4) is 11.3 Å². The second kappa shape index (κ2) is 4.51. The molecule has 0 fully saturated rings. The van der Waals surface area contributed by atoms with Gasteiger partial charge in [0.05, 0.1) is 5.69 Å². The first-order valence-electron chi connectivity index (χ1n) is 4.64. The van der Waals surface area contributed by atoms with Gasteiger partial charge in [-0.2, -0.15) is 0 Å². The average Bonchev–Trinajstić information content (AvgIpc) is 2.68. The van der Waals surface area contributed by atoms with E-state index in [-0.39, 0.29) is 5.82 Å². The lowest BCUT2D eigenvalue weighted by Crippen LogP contribution is -2.04. The fourth-order valence-corrected chi connectivity index (χ4v) is 2.11. The first-order valence-corrected chi connectivity index (χ1v) is 5.52. The van der Waals surface area contributed by atoms with Crippen molar-refractivity contribution in [2.75, 3.05) is 7.05 Å². The third-order valence-corrected chi connectivity index (χ3v) is 2.87. The summed E-state index contributed by atoms with van der Waals surface area (Å²) >= 11 is 1.61. The van der Waals surface area contributed by atoms with Gasteiger partial charge in [-0.15, -0.1) is 11.3 Å². The van der Waals surface area contributed by atoms with E-state index < -0.39 is 0 Å². The van der Waals surface area contributed by atoms with E-state index >= 15 is 0 Å². The number of thiazole rings is 1. The van der Waals surface area contributed by atoms with Crippen LogP contribution in [0.4, 0.5) is 4.39 Å². The van der Waals surface area contributed by atoms with Crippen LogP contribution >= 0.6 is 11.3 Å². The summed E-state index contributed by atoms with van der Waals surface area (Å²) in [5.74, 6) is -0.218. The molecule has 0 amide bonds. The standard InChI is InChI=1S/C11H11FN2S/c1-13-6-11-14-10(7-15-11)8-2-4-9(12)5-3-8/h2-5,7,13H,6H2,1H3. The summed E-state index contributed by atoms with van der Waals surface area (Å²) in [6.07, 6.45) is 0. The number of nitrogens with one attached hydrogen (secondary N) is 1. The summed E-state index contributed by atoms with van der Waals surface area (Å²) in [5, 5.41) is 6.07. The number of hydrogen-bond acceptors (Lipinski definition) is 3.